The van der Waals surface area contributed by atoms with E-state index in [4.69, 9.17) is 0 Å². The molecule has 0 aliphatic rings. The number of aromatic hydroxyl groups is 1. The lowest BCUT2D eigenvalue weighted by atomic mass is 10.2. The zero-order chi connectivity index (χ0) is 25.2. The highest BCUT2D eigenvalue weighted by molar-refractivity contribution is 7.93. The van der Waals surface area contributed by atoms with Crippen molar-refractivity contribution in [2.75, 3.05) is 10.8 Å². The number of carbonyl (C=O) groups is 1. The van der Waals surface area contributed by atoms with Crippen LogP contribution in [0.5, 0.6) is 5.88 Å². The molecular formula is C23H19N5O6S. The number of aromatic nitrogens is 1. The van der Waals surface area contributed by atoms with E-state index in [0.717, 1.165) is 16.4 Å². The molecule has 0 saturated heterocycles. The molecule has 178 valence electrons. The van der Waals surface area contributed by atoms with E-state index in [-0.39, 0.29) is 17.3 Å². The molecule has 4 aromatic rings. The Labute approximate surface area is 199 Å². The number of nitrogens with zero attached hydrogens (tertiary/aromatic N) is 5. The van der Waals surface area contributed by atoms with Crippen molar-refractivity contribution in [2.45, 2.75) is 4.90 Å². The molecule has 0 atom stereocenters. The van der Waals surface area contributed by atoms with Crippen LogP contribution in [0.1, 0.15) is 0 Å². The molecule has 0 aliphatic heterocycles. The fraction of sp³-hybridized carbons (Fsp3) is 0.0870. The Bertz CT molecular complexity index is 1560. The van der Waals surface area contributed by atoms with Gasteiger partial charge in [0.1, 0.15) is 6.54 Å². The van der Waals surface area contributed by atoms with Crippen molar-refractivity contribution in [3.8, 4) is 5.88 Å². The number of sulfonamides is 1. The van der Waals surface area contributed by atoms with Crippen LogP contribution in [0.4, 0.5) is 17.1 Å². The molecule has 0 spiro atoms. The average Bonchev–Trinajstić information content (AvgIpc) is 3.11. The molecule has 35 heavy (non-hydrogen) atoms. The lowest BCUT2D eigenvalue weighted by Crippen LogP contribution is -2.35. The molecular weight excluding hydrogens is 474 g/mol. The van der Waals surface area contributed by atoms with E-state index in [1.807, 2.05) is 0 Å². The van der Waals surface area contributed by atoms with E-state index in [0.29, 0.717) is 10.9 Å². The number of hydrogen-bond donors (Lipinski definition) is 1. The summed E-state index contributed by atoms with van der Waals surface area (Å²) < 4.78 is 29.1. The normalized spacial score (nSPS) is 11.7. The van der Waals surface area contributed by atoms with Crippen LogP contribution in [0.15, 0.2) is 94.0 Å². The van der Waals surface area contributed by atoms with E-state index in [1.54, 1.807) is 49.5 Å². The van der Waals surface area contributed by atoms with Gasteiger partial charge in [0.05, 0.1) is 16.1 Å². The smallest absolute Gasteiger partial charge is 0.289 e. The van der Waals surface area contributed by atoms with E-state index in [1.165, 1.54) is 28.8 Å². The van der Waals surface area contributed by atoms with Gasteiger partial charge in [-0.25, -0.2) is 8.42 Å². The monoisotopic (exact) mass is 493 g/mol. The second kappa shape index (κ2) is 9.35. The number of nitro benzene ring substituents is 1. The van der Waals surface area contributed by atoms with Crippen molar-refractivity contribution in [1.82, 2.24) is 4.57 Å². The SMILES string of the molecule is Cn1c(O)c(N=NC(=O)CN(c2ccccc2)S(=O)(=O)c2ccccc2[N+](=O)[O-])c2ccccc21. The Hall–Kier alpha value is -4.58. The maximum atomic E-state index is 13.5. The largest absolute Gasteiger partial charge is 0.493 e. The molecule has 0 aliphatic carbocycles. The van der Waals surface area contributed by atoms with Crippen LogP contribution in [-0.4, -0.2) is 35.5 Å². The molecule has 1 N–H and O–H groups in total. The lowest BCUT2D eigenvalue weighted by Gasteiger charge is -2.22. The molecule has 12 heteroatoms. The maximum Gasteiger partial charge on any atom is 0.289 e. The summed E-state index contributed by atoms with van der Waals surface area (Å²) in [6.45, 7) is -0.770. The molecule has 0 saturated carbocycles. The minimum Gasteiger partial charge on any atom is -0.493 e. The molecule has 0 bridgehead atoms. The minimum atomic E-state index is -4.53. The maximum absolute atomic E-state index is 13.5. The molecule has 11 nitrogen and oxygen atoms in total. The number of anilines is 1. The second-order valence-electron chi connectivity index (χ2n) is 7.41. The first-order valence-corrected chi connectivity index (χ1v) is 11.7. The first kappa shape index (κ1) is 23.6. The van der Waals surface area contributed by atoms with Gasteiger partial charge in [-0.1, -0.05) is 48.5 Å². The zero-order valence-electron chi connectivity index (χ0n) is 18.3. The molecule has 1 aromatic heterocycles. The number of hydrogen-bond acceptors (Lipinski definition) is 7. The van der Waals surface area contributed by atoms with Crippen LogP contribution in [0.2, 0.25) is 0 Å². The average molecular weight is 494 g/mol. The Morgan fingerprint density at radius 2 is 1.66 bits per heavy atom. The van der Waals surface area contributed by atoms with Crippen LogP contribution in [-0.2, 0) is 21.9 Å². The predicted octanol–water partition coefficient (Wildman–Crippen LogP) is 4.30. The van der Waals surface area contributed by atoms with Gasteiger partial charge in [0, 0.05) is 18.5 Å². The standard InChI is InChI=1S/C23H19N5O6S/c1-26-18-12-6-5-11-17(18)22(23(26)30)25-24-21(29)15-27(16-9-3-2-4-10-16)35(33,34)20-14-8-7-13-19(20)28(31)32/h2-14,30H,15H2,1H3. The van der Waals surface area contributed by atoms with Crippen LogP contribution in [0, 0.1) is 10.1 Å². The van der Waals surface area contributed by atoms with E-state index < -0.39 is 38.0 Å². The zero-order valence-corrected chi connectivity index (χ0v) is 19.2. The lowest BCUT2D eigenvalue weighted by molar-refractivity contribution is -0.387. The van der Waals surface area contributed by atoms with Gasteiger partial charge in [0.2, 0.25) is 5.88 Å². The summed E-state index contributed by atoms with van der Waals surface area (Å²) in [6, 6.07) is 19.5. The first-order chi connectivity index (χ1) is 16.7. The quantitative estimate of drug-likeness (QED) is 0.231. The van der Waals surface area contributed by atoms with Gasteiger partial charge in [0.25, 0.3) is 21.6 Å². The minimum absolute atomic E-state index is 0.0595. The summed E-state index contributed by atoms with van der Waals surface area (Å²) in [5.41, 5.74) is 0.214. The summed E-state index contributed by atoms with van der Waals surface area (Å²) in [6.07, 6.45) is 0. The van der Waals surface area contributed by atoms with Crippen molar-refractivity contribution >= 4 is 43.9 Å². The van der Waals surface area contributed by atoms with E-state index in [9.17, 15) is 28.4 Å². The summed E-state index contributed by atoms with van der Waals surface area (Å²) >= 11 is 0. The number of azo groups is 1. The fourth-order valence-corrected chi connectivity index (χ4v) is 5.15. The van der Waals surface area contributed by atoms with Gasteiger partial charge in [-0.05, 0) is 24.3 Å². The topological polar surface area (TPSA) is 147 Å². The van der Waals surface area contributed by atoms with Crippen LogP contribution < -0.4 is 4.31 Å². The number of rotatable bonds is 7. The third kappa shape index (κ3) is 4.46. The molecule has 4 rings (SSSR count). The summed E-state index contributed by atoms with van der Waals surface area (Å²) in [5, 5.41) is 29.9. The van der Waals surface area contributed by atoms with Gasteiger partial charge in [-0.15, -0.1) is 10.2 Å². The molecule has 0 fully saturated rings. The predicted molar refractivity (Wildman–Crippen MR) is 128 cm³/mol. The Morgan fingerprint density at radius 1 is 1.03 bits per heavy atom. The van der Waals surface area contributed by atoms with Crippen molar-refractivity contribution < 1.29 is 23.2 Å². The van der Waals surface area contributed by atoms with Crippen LogP contribution in [0.3, 0.4) is 0 Å². The fourth-order valence-electron chi connectivity index (χ4n) is 3.57. The second-order valence-corrected chi connectivity index (χ2v) is 9.24. The summed E-state index contributed by atoms with van der Waals surface area (Å²) in [4.78, 5) is 22.8. The highest BCUT2D eigenvalue weighted by atomic mass is 32.2. The first-order valence-electron chi connectivity index (χ1n) is 10.2. The molecule has 3 aromatic carbocycles. The molecule has 0 radical (unpaired) electrons. The summed E-state index contributed by atoms with van der Waals surface area (Å²) in [7, 11) is -2.91. The van der Waals surface area contributed by atoms with Gasteiger partial charge in [-0.3, -0.25) is 19.2 Å². The Kier molecular flexibility index (Phi) is 6.30. The Balaban J connectivity index is 1.72. The Morgan fingerprint density at radius 3 is 2.37 bits per heavy atom. The van der Waals surface area contributed by atoms with Crippen molar-refractivity contribution in [1.29, 1.82) is 0 Å². The van der Waals surface area contributed by atoms with Gasteiger partial charge in [-0.2, -0.15) is 0 Å². The highest BCUT2D eigenvalue weighted by Crippen LogP contribution is 2.38. The van der Waals surface area contributed by atoms with Gasteiger partial charge >= 0.3 is 0 Å². The number of para-hydroxylation sites is 3. The molecule has 1 amide bonds. The molecule has 0 unspecified atom stereocenters. The van der Waals surface area contributed by atoms with E-state index in [2.05, 4.69) is 10.2 Å². The number of carbonyl (C=O) groups excluding carboxylic acids is 1. The number of benzene rings is 3. The number of nitro groups is 1. The van der Waals surface area contributed by atoms with Crippen molar-refractivity contribution in [3.63, 3.8) is 0 Å². The number of aryl methyl sites for hydroxylation is 1. The van der Waals surface area contributed by atoms with E-state index >= 15 is 0 Å². The third-order valence-corrected chi connectivity index (χ3v) is 7.09. The number of fused-ring (bicyclic) bond motifs is 1. The van der Waals surface area contributed by atoms with Crippen LogP contribution >= 0.6 is 0 Å². The molecule has 1 heterocycles. The van der Waals surface area contributed by atoms with Gasteiger partial charge < -0.3 is 9.67 Å². The van der Waals surface area contributed by atoms with Gasteiger partial charge in [0.15, 0.2) is 10.6 Å². The van der Waals surface area contributed by atoms with Crippen molar-refractivity contribution in [2.24, 2.45) is 17.3 Å². The van der Waals surface area contributed by atoms with Crippen LogP contribution in [0.25, 0.3) is 10.9 Å². The highest BCUT2D eigenvalue weighted by Gasteiger charge is 2.33. The third-order valence-electron chi connectivity index (χ3n) is 5.26. The van der Waals surface area contributed by atoms with Crippen molar-refractivity contribution in [3.05, 3.63) is 89.0 Å². The number of amides is 1. The summed E-state index contributed by atoms with van der Waals surface area (Å²) in [5.74, 6) is -1.15.